The van der Waals surface area contributed by atoms with Gasteiger partial charge < -0.3 is 25.5 Å². The van der Waals surface area contributed by atoms with Gasteiger partial charge in [-0.05, 0) is 0 Å². The van der Waals surface area contributed by atoms with E-state index in [9.17, 15) is 18.0 Å². The average Bonchev–Trinajstić information content (AvgIpc) is 2.31. The topological polar surface area (TPSA) is 131 Å². The summed E-state index contributed by atoms with van der Waals surface area (Å²) in [6.07, 6.45) is -13.2. The lowest BCUT2D eigenvalue weighted by atomic mass is 10.0. The lowest BCUT2D eigenvalue weighted by Gasteiger charge is -2.23. The van der Waals surface area contributed by atoms with Gasteiger partial charge in [-0.25, -0.2) is 4.99 Å². The SMILES string of the molecule is O=C(N=C[C@H](O)[C@@H](O)[C@H](O)[C@H](O)CO)C(F)(F)F. The zero-order chi connectivity index (χ0) is 14.5. The molecule has 0 aliphatic heterocycles. The van der Waals surface area contributed by atoms with Crippen LogP contribution in [0.15, 0.2) is 4.99 Å². The van der Waals surface area contributed by atoms with Crippen LogP contribution in [0, 0.1) is 0 Å². The molecule has 0 bridgehead atoms. The van der Waals surface area contributed by atoms with Crippen LogP contribution in [-0.4, -0.2) is 74.9 Å². The van der Waals surface area contributed by atoms with Crippen molar-refractivity contribution in [3.05, 3.63) is 0 Å². The fourth-order valence-corrected chi connectivity index (χ4v) is 0.843. The largest absolute Gasteiger partial charge is 0.473 e. The molecule has 1 amide bonds. The van der Waals surface area contributed by atoms with Crippen molar-refractivity contribution in [1.29, 1.82) is 0 Å². The molecule has 0 unspecified atom stereocenters. The van der Waals surface area contributed by atoms with Crippen molar-refractivity contribution in [3.8, 4) is 0 Å². The van der Waals surface area contributed by atoms with Crippen LogP contribution in [-0.2, 0) is 4.79 Å². The van der Waals surface area contributed by atoms with Crippen LogP contribution in [0.3, 0.4) is 0 Å². The van der Waals surface area contributed by atoms with Gasteiger partial charge in [0.2, 0.25) is 0 Å². The molecule has 0 rings (SSSR count). The third kappa shape index (κ3) is 5.06. The highest BCUT2D eigenvalue weighted by molar-refractivity contribution is 5.90. The number of carbonyl (C=O) groups is 1. The summed E-state index contributed by atoms with van der Waals surface area (Å²) in [5.41, 5.74) is 0. The molecule has 0 aliphatic carbocycles. The number of hydrogen-bond acceptors (Lipinski definition) is 6. The fourth-order valence-electron chi connectivity index (χ4n) is 0.843. The fraction of sp³-hybridized carbons (Fsp3) is 0.750. The third-order valence-electron chi connectivity index (χ3n) is 1.87. The van der Waals surface area contributed by atoms with E-state index in [4.69, 9.17) is 25.5 Å². The van der Waals surface area contributed by atoms with E-state index in [0.717, 1.165) is 0 Å². The molecule has 5 N–H and O–H groups in total. The van der Waals surface area contributed by atoms with Crippen molar-refractivity contribution in [2.75, 3.05) is 6.61 Å². The second-order valence-corrected chi connectivity index (χ2v) is 3.30. The highest BCUT2D eigenvalue weighted by Gasteiger charge is 2.38. The van der Waals surface area contributed by atoms with Gasteiger partial charge >= 0.3 is 12.1 Å². The van der Waals surface area contributed by atoms with Crippen molar-refractivity contribution in [2.45, 2.75) is 30.6 Å². The minimum absolute atomic E-state index is 0.0772. The molecule has 0 aromatic carbocycles. The van der Waals surface area contributed by atoms with Crippen molar-refractivity contribution in [3.63, 3.8) is 0 Å². The number of nitrogens with zero attached hydrogens (tertiary/aromatic N) is 1. The Morgan fingerprint density at radius 1 is 1.17 bits per heavy atom. The normalized spacial score (nSPS) is 19.6. The molecule has 7 nitrogen and oxygen atoms in total. The second-order valence-electron chi connectivity index (χ2n) is 3.30. The van der Waals surface area contributed by atoms with E-state index in [1.807, 2.05) is 0 Å². The highest BCUT2D eigenvalue weighted by Crippen LogP contribution is 2.16. The summed E-state index contributed by atoms with van der Waals surface area (Å²) in [5.74, 6) is -2.49. The van der Waals surface area contributed by atoms with E-state index in [-0.39, 0.29) is 6.21 Å². The maximum Gasteiger partial charge on any atom is 0.473 e. The Balaban J connectivity index is 4.54. The van der Waals surface area contributed by atoms with Crippen molar-refractivity contribution in [2.24, 2.45) is 4.99 Å². The van der Waals surface area contributed by atoms with E-state index < -0.39 is 43.1 Å². The first kappa shape index (κ1) is 16.9. The third-order valence-corrected chi connectivity index (χ3v) is 1.87. The average molecular weight is 275 g/mol. The number of aliphatic hydroxyl groups excluding tert-OH is 5. The van der Waals surface area contributed by atoms with Gasteiger partial charge in [-0.3, -0.25) is 4.79 Å². The van der Waals surface area contributed by atoms with E-state index >= 15 is 0 Å². The number of carbonyl (C=O) groups excluding carboxylic acids is 1. The molecule has 0 spiro atoms. The van der Waals surface area contributed by atoms with Gasteiger partial charge in [-0.1, -0.05) is 0 Å². The summed E-state index contributed by atoms with van der Waals surface area (Å²) >= 11 is 0. The standard InChI is InChI=1S/C8H12F3NO6/c9-8(10,11)7(18)12-1-3(14)5(16)6(17)4(15)2-13/h1,3-6,13-17H,2H2/t3-,4+,5+,6+/m0/s1. The summed E-state index contributed by atoms with van der Waals surface area (Å²) < 4.78 is 35.1. The number of halogens is 3. The van der Waals surface area contributed by atoms with Crippen molar-refractivity contribution >= 4 is 12.1 Å². The molecule has 4 atom stereocenters. The van der Waals surface area contributed by atoms with Gasteiger partial charge in [0.15, 0.2) is 0 Å². The molecule has 0 heterocycles. The monoisotopic (exact) mass is 275 g/mol. The maximum absolute atomic E-state index is 11.7. The summed E-state index contributed by atoms with van der Waals surface area (Å²) in [6, 6.07) is 0. The smallest absolute Gasteiger partial charge is 0.394 e. The minimum atomic E-state index is -5.22. The molecular formula is C8H12F3NO6. The first-order valence-electron chi connectivity index (χ1n) is 4.59. The van der Waals surface area contributed by atoms with Gasteiger partial charge in [0.05, 0.1) is 6.61 Å². The number of aliphatic imine (C=N–C) groups is 1. The Labute approximate surface area is 98.8 Å². The molecular weight excluding hydrogens is 263 g/mol. The molecule has 0 aromatic heterocycles. The van der Waals surface area contributed by atoms with Crippen LogP contribution in [0.5, 0.6) is 0 Å². The van der Waals surface area contributed by atoms with Gasteiger partial charge in [0.1, 0.15) is 24.4 Å². The highest BCUT2D eigenvalue weighted by atomic mass is 19.4. The Morgan fingerprint density at radius 2 is 1.67 bits per heavy atom. The quantitative estimate of drug-likeness (QED) is 0.355. The predicted octanol–water partition coefficient (Wildman–Crippen LogP) is -2.42. The predicted molar refractivity (Wildman–Crippen MR) is 50.7 cm³/mol. The number of alkyl halides is 3. The zero-order valence-electron chi connectivity index (χ0n) is 8.82. The lowest BCUT2D eigenvalue weighted by molar-refractivity contribution is -0.169. The molecule has 0 aliphatic rings. The van der Waals surface area contributed by atoms with Gasteiger partial charge in [0, 0.05) is 6.21 Å². The first-order valence-corrected chi connectivity index (χ1v) is 4.59. The van der Waals surface area contributed by atoms with Crippen molar-refractivity contribution in [1.82, 2.24) is 0 Å². The van der Waals surface area contributed by atoms with Gasteiger partial charge in [0.25, 0.3) is 0 Å². The second kappa shape index (κ2) is 6.75. The van der Waals surface area contributed by atoms with Crippen LogP contribution in [0.4, 0.5) is 13.2 Å². The van der Waals surface area contributed by atoms with Crippen LogP contribution in [0.25, 0.3) is 0 Å². The zero-order valence-corrected chi connectivity index (χ0v) is 8.82. The molecule has 106 valence electrons. The molecule has 0 saturated heterocycles. The molecule has 0 radical (unpaired) electrons. The van der Waals surface area contributed by atoms with E-state index in [0.29, 0.717) is 0 Å². The van der Waals surface area contributed by atoms with Gasteiger partial charge in [-0.15, -0.1) is 0 Å². The minimum Gasteiger partial charge on any atom is -0.394 e. The summed E-state index contributed by atoms with van der Waals surface area (Å²) in [6.45, 7) is -0.941. The Morgan fingerprint density at radius 3 is 2.06 bits per heavy atom. The van der Waals surface area contributed by atoms with Crippen LogP contribution < -0.4 is 0 Å². The summed E-state index contributed by atoms with van der Waals surface area (Å²) in [7, 11) is 0. The number of hydrogen-bond donors (Lipinski definition) is 5. The Kier molecular flexibility index (Phi) is 6.35. The van der Waals surface area contributed by atoms with Gasteiger partial charge in [-0.2, -0.15) is 13.2 Å². The number of amides is 1. The summed E-state index contributed by atoms with van der Waals surface area (Å²) in [5, 5.41) is 44.6. The molecule has 10 heteroatoms. The maximum atomic E-state index is 11.7. The first-order chi connectivity index (χ1) is 8.11. The van der Waals surface area contributed by atoms with Crippen LogP contribution in [0.2, 0.25) is 0 Å². The summed E-state index contributed by atoms with van der Waals surface area (Å²) in [4.78, 5) is 12.6. The molecule has 18 heavy (non-hydrogen) atoms. The molecule has 0 fully saturated rings. The Bertz CT molecular complexity index is 308. The van der Waals surface area contributed by atoms with E-state index in [1.165, 1.54) is 0 Å². The molecule has 0 aromatic rings. The van der Waals surface area contributed by atoms with Crippen LogP contribution in [0.1, 0.15) is 0 Å². The molecule has 0 saturated carbocycles. The number of aliphatic hydroxyl groups is 5. The Hall–Kier alpha value is -1.07. The van der Waals surface area contributed by atoms with E-state index in [2.05, 4.69) is 4.99 Å². The lowest BCUT2D eigenvalue weighted by Crippen LogP contribution is -2.46. The van der Waals surface area contributed by atoms with Crippen LogP contribution >= 0.6 is 0 Å². The van der Waals surface area contributed by atoms with E-state index in [1.54, 1.807) is 0 Å². The number of rotatable bonds is 5. The van der Waals surface area contributed by atoms with Crippen molar-refractivity contribution < 1.29 is 43.5 Å².